The number of allylic oxidation sites excluding steroid dienone is 2. The standard InChI is InChI=1S/C19H25ClN2O3S/c1-17(2,3)13-12(14(24)18(4,5)6)26-16(22-13)19(15(21)25)9-10(20)7-8-11(19)23/h7-9,11,23H,1-6H3,(H2,21,25). The molecular weight excluding hydrogens is 372 g/mol. The number of ketones is 1. The molecule has 2 unspecified atom stereocenters. The molecule has 1 aromatic heterocycles. The summed E-state index contributed by atoms with van der Waals surface area (Å²) >= 11 is 7.20. The van der Waals surface area contributed by atoms with Crippen LogP contribution in [0, 0.1) is 5.41 Å². The second-order valence-electron chi connectivity index (χ2n) is 8.59. The number of aliphatic hydroxyl groups is 1. The number of nitrogens with zero attached hydrogens (tertiary/aromatic N) is 1. The first-order chi connectivity index (χ1) is 11.7. The highest BCUT2D eigenvalue weighted by atomic mass is 35.5. The number of carbonyl (C=O) groups is 2. The van der Waals surface area contributed by atoms with Gasteiger partial charge in [0.2, 0.25) is 5.91 Å². The molecule has 1 heterocycles. The van der Waals surface area contributed by atoms with E-state index in [1.165, 1.54) is 18.2 Å². The van der Waals surface area contributed by atoms with Crippen LogP contribution in [0.15, 0.2) is 23.3 Å². The van der Waals surface area contributed by atoms with E-state index in [0.717, 1.165) is 11.3 Å². The third-order valence-corrected chi connectivity index (χ3v) is 5.70. The number of amides is 1. The van der Waals surface area contributed by atoms with E-state index >= 15 is 0 Å². The summed E-state index contributed by atoms with van der Waals surface area (Å²) < 4.78 is 0. The molecule has 0 radical (unpaired) electrons. The lowest BCUT2D eigenvalue weighted by Gasteiger charge is -2.31. The van der Waals surface area contributed by atoms with E-state index in [9.17, 15) is 14.7 Å². The minimum Gasteiger partial charge on any atom is -0.387 e. The Morgan fingerprint density at radius 3 is 2.31 bits per heavy atom. The quantitative estimate of drug-likeness (QED) is 0.765. The number of rotatable bonds is 3. The molecule has 5 nitrogen and oxygen atoms in total. The zero-order valence-electron chi connectivity index (χ0n) is 15.9. The van der Waals surface area contributed by atoms with Gasteiger partial charge in [-0.25, -0.2) is 4.98 Å². The molecule has 0 spiro atoms. The van der Waals surface area contributed by atoms with Crippen molar-refractivity contribution in [3.8, 4) is 0 Å². The molecule has 1 aliphatic rings. The van der Waals surface area contributed by atoms with Crippen LogP contribution in [0.1, 0.15) is 61.9 Å². The zero-order chi connectivity index (χ0) is 20.1. The van der Waals surface area contributed by atoms with E-state index in [1.54, 1.807) is 0 Å². The first-order valence-electron chi connectivity index (χ1n) is 8.32. The lowest BCUT2D eigenvalue weighted by Crippen LogP contribution is -2.49. The van der Waals surface area contributed by atoms with Gasteiger partial charge in [0, 0.05) is 15.9 Å². The van der Waals surface area contributed by atoms with Crippen LogP contribution in [0.3, 0.4) is 0 Å². The van der Waals surface area contributed by atoms with Crippen molar-refractivity contribution >= 4 is 34.6 Å². The number of Topliss-reactive ketones (excluding diaryl/α,β-unsaturated/α-hetero) is 1. The minimum atomic E-state index is -1.59. The Bertz CT molecular complexity index is 812. The van der Waals surface area contributed by atoms with Gasteiger partial charge in [-0.1, -0.05) is 59.2 Å². The highest BCUT2D eigenvalue weighted by Gasteiger charge is 2.48. The Morgan fingerprint density at radius 1 is 1.27 bits per heavy atom. The lowest BCUT2D eigenvalue weighted by atomic mass is 9.78. The predicted molar refractivity (Wildman–Crippen MR) is 105 cm³/mol. The molecule has 2 rings (SSSR count). The normalized spacial score (nSPS) is 23.7. The van der Waals surface area contributed by atoms with Crippen molar-refractivity contribution in [2.75, 3.05) is 0 Å². The van der Waals surface area contributed by atoms with Crippen LogP contribution < -0.4 is 5.73 Å². The molecular formula is C19H25ClN2O3S. The van der Waals surface area contributed by atoms with Crippen molar-refractivity contribution in [3.05, 3.63) is 38.8 Å². The number of carbonyl (C=O) groups excluding carboxylic acids is 2. The van der Waals surface area contributed by atoms with Crippen molar-refractivity contribution in [3.63, 3.8) is 0 Å². The predicted octanol–water partition coefficient (Wildman–Crippen LogP) is 3.45. The van der Waals surface area contributed by atoms with Crippen LogP contribution in [-0.2, 0) is 15.6 Å². The smallest absolute Gasteiger partial charge is 0.237 e. The largest absolute Gasteiger partial charge is 0.387 e. The monoisotopic (exact) mass is 396 g/mol. The zero-order valence-corrected chi connectivity index (χ0v) is 17.5. The van der Waals surface area contributed by atoms with Crippen molar-refractivity contribution in [1.82, 2.24) is 4.98 Å². The summed E-state index contributed by atoms with van der Waals surface area (Å²) in [6.07, 6.45) is 3.13. The van der Waals surface area contributed by atoms with E-state index in [4.69, 9.17) is 17.3 Å². The molecule has 0 bridgehead atoms. The Balaban J connectivity index is 2.78. The summed E-state index contributed by atoms with van der Waals surface area (Å²) in [7, 11) is 0. The lowest BCUT2D eigenvalue weighted by molar-refractivity contribution is -0.124. The first kappa shape index (κ1) is 20.8. The molecule has 1 aromatic rings. The molecule has 0 fully saturated rings. The maximum Gasteiger partial charge on any atom is 0.237 e. The van der Waals surface area contributed by atoms with Crippen LogP contribution in [0.25, 0.3) is 0 Å². The second-order valence-corrected chi connectivity index (χ2v) is 10.0. The number of primary amides is 1. The Hall–Kier alpha value is -1.50. The Kier molecular flexibility index (Phi) is 5.27. The van der Waals surface area contributed by atoms with Crippen molar-refractivity contribution in [1.29, 1.82) is 0 Å². The summed E-state index contributed by atoms with van der Waals surface area (Å²) in [6.45, 7) is 11.3. The number of nitrogens with two attached hydrogens (primary N) is 1. The van der Waals surface area contributed by atoms with Gasteiger partial charge in [-0.2, -0.15) is 0 Å². The number of hydrogen-bond donors (Lipinski definition) is 2. The third-order valence-electron chi connectivity index (χ3n) is 4.26. The third kappa shape index (κ3) is 3.50. The summed E-state index contributed by atoms with van der Waals surface area (Å²) in [4.78, 5) is 30.5. The first-order valence-corrected chi connectivity index (χ1v) is 9.52. The van der Waals surface area contributed by atoms with Crippen molar-refractivity contribution in [2.24, 2.45) is 11.1 Å². The fourth-order valence-corrected chi connectivity index (χ4v) is 4.57. The van der Waals surface area contributed by atoms with Gasteiger partial charge in [0.15, 0.2) is 5.78 Å². The van der Waals surface area contributed by atoms with Gasteiger partial charge in [-0.15, -0.1) is 11.3 Å². The van der Waals surface area contributed by atoms with Crippen molar-refractivity contribution in [2.45, 2.75) is 58.5 Å². The Morgan fingerprint density at radius 2 is 1.85 bits per heavy atom. The minimum absolute atomic E-state index is 0.0679. The number of aromatic nitrogens is 1. The molecule has 0 saturated heterocycles. The van der Waals surface area contributed by atoms with Gasteiger partial charge >= 0.3 is 0 Å². The van der Waals surface area contributed by atoms with Gasteiger partial charge in [0.25, 0.3) is 0 Å². The molecule has 26 heavy (non-hydrogen) atoms. The number of halogens is 1. The number of aliphatic hydroxyl groups excluding tert-OH is 1. The van der Waals surface area contributed by atoms with Crippen molar-refractivity contribution < 1.29 is 14.7 Å². The van der Waals surface area contributed by atoms with E-state index in [-0.39, 0.29) is 15.8 Å². The molecule has 2 atom stereocenters. The Labute approximate surface area is 163 Å². The van der Waals surface area contributed by atoms with Crippen LogP contribution in [-0.4, -0.2) is 27.9 Å². The maximum absolute atomic E-state index is 13.0. The summed E-state index contributed by atoms with van der Waals surface area (Å²) in [5.41, 5.74) is 3.63. The van der Waals surface area contributed by atoms with Crippen LogP contribution in [0.2, 0.25) is 0 Å². The van der Waals surface area contributed by atoms with Gasteiger partial charge < -0.3 is 10.8 Å². The van der Waals surface area contributed by atoms with Crippen LogP contribution in [0.5, 0.6) is 0 Å². The number of thiazole rings is 1. The highest BCUT2D eigenvalue weighted by molar-refractivity contribution is 7.14. The van der Waals surface area contributed by atoms with Crippen LogP contribution in [0.4, 0.5) is 0 Å². The van der Waals surface area contributed by atoms with E-state index in [0.29, 0.717) is 10.6 Å². The summed E-state index contributed by atoms with van der Waals surface area (Å²) in [6, 6.07) is 0. The van der Waals surface area contributed by atoms with Gasteiger partial charge in [0.05, 0.1) is 16.7 Å². The van der Waals surface area contributed by atoms with Gasteiger partial charge in [-0.3, -0.25) is 9.59 Å². The van der Waals surface area contributed by atoms with E-state index in [2.05, 4.69) is 4.98 Å². The van der Waals surface area contributed by atoms with E-state index < -0.39 is 28.3 Å². The van der Waals surface area contributed by atoms with Gasteiger partial charge in [0.1, 0.15) is 10.4 Å². The second kappa shape index (κ2) is 6.59. The molecule has 142 valence electrons. The fraction of sp³-hybridized carbons (Fsp3) is 0.526. The van der Waals surface area contributed by atoms with Crippen LogP contribution >= 0.6 is 22.9 Å². The molecule has 1 amide bonds. The molecule has 3 N–H and O–H groups in total. The molecule has 0 aliphatic heterocycles. The average Bonchev–Trinajstić information content (AvgIpc) is 2.93. The molecule has 7 heteroatoms. The fourth-order valence-electron chi connectivity index (χ4n) is 2.70. The van der Waals surface area contributed by atoms with Gasteiger partial charge in [-0.05, 0) is 12.2 Å². The topological polar surface area (TPSA) is 93.3 Å². The molecule has 0 aromatic carbocycles. The number of hydrogen-bond acceptors (Lipinski definition) is 5. The highest BCUT2D eigenvalue weighted by Crippen LogP contribution is 2.42. The van der Waals surface area contributed by atoms with E-state index in [1.807, 2.05) is 41.5 Å². The average molecular weight is 397 g/mol. The molecule has 0 saturated carbocycles. The SMILES string of the molecule is CC(C)(C)C(=O)c1sc(C2(C(N)=O)C=C(Cl)C=CC2O)nc1C(C)(C)C. The molecule has 1 aliphatic carbocycles. The summed E-state index contributed by atoms with van der Waals surface area (Å²) in [5.74, 6) is -0.835. The maximum atomic E-state index is 13.0. The summed E-state index contributed by atoms with van der Waals surface area (Å²) in [5, 5.41) is 11.1.